The van der Waals surface area contributed by atoms with Crippen molar-refractivity contribution in [3.05, 3.63) is 33.9 Å². The number of anilines is 1. The molecule has 0 aliphatic heterocycles. The molecule has 0 radical (unpaired) electrons. The Kier molecular flexibility index (Phi) is 4.87. The molecule has 98 valence electrons. The number of nitro benzene ring substituents is 1. The summed E-state index contributed by atoms with van der Waals surface area (Å²) in [7, 11) is 0. The van der Waals surface area contributed by atoms with Gasteiger partial charge in [-0.15, -0.1) is 11.6 Å². The van der Waals surface area contributed by atoms with Crippen LogP contribution in [0.1, 0.15) is 10.4 Å². The molecule has 0 bridgehead atoms. The van der Waals surface area contributed by atoms with E-state index in [1.165, 1.54) is 6.07 Å². The highest BCUT2D eigenvalue weighted by Crippen LogP contribution is 2.22. The topological polar surface area (TPSA) is 113 Å². The third-order valence-corrected chi connectivity index (χ3v) is 2.50. The van der Waals surface area contributed by atoms with Crippen LogP contribution >= 0.6 is 11.6 Å². The van der Waals surface area contributed by atoms with Crippen LogP contribution in [-0.2, 0) is 0 Å². The Morgan fingerprint density at radius 1 is 1.56 bits per heavy atom. The van der Waals surface area contributed by atoms with Crippen molar-refractivity contribution in [2.45, 2.75) is 6.10 Å². The van der Waals surface area contributed by atoms with Crippen LogP contribution in [0.15, 0.2) is 18.2 Å². The molecule has 0 heterocycles. The molecule has 0 amide bonds. The predicted molar refractivity (Wildman–Crippen MR) is 65.3 cm³/mol. The summed E-state index contributed by atoms with van der Waals surface area (Å²) >= 11 is 5.39. The number of nitrogens with one attached hydrogen (secondary N) is 1. The first-order valence-corrected chi connectivity index (χ1v) is 5.48. The molecule has 3 N–H and O–H groups in total. The van der Waals surface area contributed by atoms with Crippen molar-refractivity contribution in [2.24, 2.45) is 0 Å². The number of hydrogen-bond donors (Lipinski definition) is 3. The Labute approximate surface area is 107 Å². The Morgan fingerprint density at radius 2 is 2.22 bits per heavy atom. The van der Waals surface area contributed by atoms with E-state index < -0.39 is 28.2 Å². The molecule has 1 atom stereocenters. The largest absolute Gasteiger partial charge is 0.477 e. The van der Waals surface area contributed by atoms with Gasteiger partial charge in [0.25, 0.3) is 5.69 Å². The number of nitrogens with zero attached hydrogens (tertiary/aromatic N) is 1. The minimum atomic E-state index is -1.39. The fourth-order valence-corrected chi connectivity index (χ4v) is 1.38. The zero-order valence-corrected chi connectivity index (χ0v) is 9.92. The van der Waals surface area contributed by atoms with E-state index in [0.717, 1.165) is 12.1 Å². The van der Waals surface area contributed by atoms with Gasteiger partial charge in [0.15, 0.2) is 0 Å². The lowest BCUT2D eigenvalue weighted by molar-refractivity contribution is -0.385. The summed E-state index contributed by atoms with van der Waals surface area (Å²) in [5.74, 6) is -1.35. The third kappa shape index (κ3) is 3.57. The summed E-state index contributed by atoms with van der Waals surface area (Å²) < 4.78 is 0. The van der Waals surface area contributed by atoms with Gasteiger partial charge in [-0.05, 0) is 12.1 Å². The first kappa shape index (κ1) is 14.2. The summed E-state index contributed by atoms with van der Waals surface area (Å²) in [6.45, 7) is 0.125. The lowest BCUT2D eigenvalue weighted by atomic mass is 10.1. The Bertz CT molecular complexity index is 466. The van der Waals surface area contributed by atoms with E-state index >= 15 is 0 Å². The number of rotatable bonds is 6. The van der Waals surface area contributed by atoms with Crippen molar-refractivity contribution in [3.63, 3.8) is 0 Å². The second-order valence-electron chi connectivity index (χ2n) is 3.48. The van der Waals surface area contributed by atoms with Crippen LogP contribution in [0, 0.1) is 10.1 Å². The van der Waals surface area contributed by atoms with Gasteiger partial charge in [0.05, 0.1) is 16.9 Å². The maximum absolute atomic E-state index is 10.9. The molecule has 0 spiro atoms. The van der Waals surface area contributed by atoms with Crippen LogP contribution < -0.4 is 5.32 Å². The average Bonchev–Trinajstić information content (AvgIpc) is 2.35. The minimum Gasteiger partial charge on any atom is -0.477 e. The Hall–Kier alpha value is -1.86. The molecular formula is C10H11ClN2O5. The van der Waals surface area contributed by atoms with E-state index in [-0.39, 0.29) is 12.4 Å². The quantitative estimate of drug-likeness (QED) is 0.409. The monoisotopic (exact) mass is 274 g/mol. The lowest BCUT2D eigenvalue weighted by Crippen LogP contribution is -2.20. The highest BCUT2D eigenvalue weighted by molar-refractivity contribution is 6.18. The fourth-order valence-electron chi connectivity index (χ4n) is 1.27. The standard InChI is InChI=1S/C10H11ClN2O5/c11-4-7(14)5-12-6-1-2-9(13(17)18)8(3-6)10(15)16/h1-3,7,12,14H,4-5H2,(H,15,16). The molecule has 0 saturated carbocycles. The van der Waals surface area contributed by atoms with Gasteiger partial charge in [-0.1, -0.05) is 0 Å². The zero-order valence-electron chi connectivity index (χ0n) is 9.17. The number of carboxylic acids is 1. The van der Waals surface area contributed by atoms with Crippen molar-refractivity contribution in [2.75, 3.05) is 17.7 Å². The average molecular weight is 275 g/mol. The predicted octanol–water partition coefficient (Wildman–Crippen LogP) is 1.30. The van der Waals surface area contributed by atoms with Gasteiger partial charge >= 0.3 is 5.97 Å². The van der Waals surface area contributed by atoms with Crippen LogP contribution in [0.4, 0.5) is 11.4 Å². The fraction of sp³-hybridized carbons (Fsp3) is 0.300. The van der Waals surface area contributed by atoms with Gasteiger partial charge in [-0.2, -0.15) is 0 Å². The van der Waals surface area contributed by atoms with E-state index in [1.54, 1.807) is 0 Å². The van der Waals surface area contributed by atoms with E-state index in [9.17, 15) is 20.0 Å². The summed E-state index contributed by atoms with van der Waals surface area (Å²) in [5, 5.41) is 31.4. The SMILES string of the molecule is O=C(O)c1cc(NCC(O)CCl)ccc1[N+](=O)[O-]. The van der Waals surface area contributed by atoms with Crippen molar-refractivity contribution < 1.29 is 19.9 Å². The second-order valence-corrected chi connectivity index (χ2v) is 3.79. The van der Waals surface area contributed by atoms with Gasteiger partial charge in [0, 0.05) is 18.3 Å². The van der Waals surface area contributed by atoms with Crippen LogP contribution in [-0.4, -0.2) is 39.6 Å². The second kappa shape index (κ2) is 6.18. The van der Waals surface area contributed by atoms with Crippen molar-refractivity contribution >= 4 is 28.9 Å². The maximum atomic E-state index is 10.9. The summed E-state index contributed by atoms with van der Waals surface area (Å²) in [5.41, 5.74) is -0.529. The number of aliphatic hydroxyl groups excluding tert-OH is 1. The molecule has 8 heteroatoms. The van der Waals surface area contributed by atoms with Crippen LogP contribution in [0.5, 0.6) is 0 Å². The molecule has 1 rings (SSSR count). The highest BCUT2D eigenvalue weighted by Gasteiger charge is 2.19. The van der Waals surface area contributed by atoms with Crippen LogP contribution in [0.25, 0.3) is 0 Å². The van der Waals surface area contributed by atoms with Gasteiger partial charge in [0.2, 0.25) is 0 Å². The Balaban J connectivity index is 2.93. The van der Waals surface area contributed by atoms with Crippen molar-refractivity contribution in [1.82, 2.24) is 0 Å². The number of aromatic carboxylic acids is 1. The molecule has 0 aromatic heterocycles. The van der Waals surface area contributed by atoms with E-state index in [4.69, 9.17) is 16.7 Å². The third-order valence-electron chi connectivity index (χ3n) is 2.14. The first-order valence-electron chi connectivity index (χ1n) is 4.95. The normalized spacial score (nSPS) is 11.9. The lowest BCUT2D eigenvalue weighted by Gasteiger charge is -2.10. The van der Waals surface area contributed by atoms with Crippen molar-refractivity contribution in [3.8, 4) is 0 Å². The zero-order chi connectivity index (χ0) is 13.7. The van der Waals surface area contributed by atoms with Gasteiger partial charge in [-0.25, -0.2) is 4.79 Å². The Morgan fingerprint density at radius 3 is 2.72 bits per heavy atom. The van der Waals surface area contributed by atoms with E-state index in [1.807, 2.05) is 0 Å². The first-order chi connectivity index (χ1) is 8.45. The van der Waals surface area contributed by atoms with Crippen molar-refractivity contribution in [1.29, 1.82) is 0 Å². The van der Waals surface area contributed by atoms with E-state index in [2.05, 4.69) is 5.32 Å². The smallest absolute Gasteiger partial charge is 0.342 e. The maximum Gasteiger partial charge on any atom is 0.342 e. The molecule has 18 heavy (non-hydrogen) atoms. The van der Waals surface area contributed by atoms with Crippen LogP contribution in [0.3, 0.4) is 0 Å². The molecule has 0 aliphatic rings. The number of nitro groups is 1. The molecule has 1 aromatic carbocycles. The molecule has 7 nitrogen and oxygen atoms in total. The molecule has 0 aliphatic carbocycles. The number of aliphatic hydroxyl groups is 1. The summed E-state index contributed by atoms with van der Waals surface area (Å²) in [6.07, 6.45) is -0.782. The minimum absolute atomic E-state index is 0.0335. The molecular weight excluding hydrogens is 264 g/mol. The molecule has 0 saturated heterocycles. The van der Waals surface area contributed by atoms with E-state index in [0.29, 0.717) is 5.69 Å². The number of halogens is 1. The molecule has 0 fully saturated rings. The summed E-state index contributed by atoms with van der Waals surface area (Å²) in [6, 6.07) is 3.60. The van der Waals surface area contributed by atoms with Gasteiger partial charge < -0.3 is 15.5 Å². The van der Waals surface area contributed by atoms with Gasteiger partial charge in [0.1, 0.15) is 5.56 Å². The number of carboxylic acid groups (broad SMARTS) is 1. The van der Waals surface area contributed by atoms with Crippen LogP contribution in [0.2, 0.25) is 0 Å². The number of benzene rings is 1. The number of alkyl halides is 1. The summed E-state index contributed by atoms with van der Waals surface area (Å²) in [4.78, 5) is 20.7. The molecule has 1 aromatic rings. The highest BCUT2D eigenvalue weighted by atomic mass is 35.5. The number of hydrogen-bond acceptors (Lipinski definition) is 5. The number of carbonyl (C=O) groups is 1. The van der Waals surface area contributed by atoms with Gasteiger partial charge in [-0.3, -0.25) is 10.1 Å². The molecule has 1 unspecified atom stereocenters.